The van der Waals surface area contributed by atoms with Crippen LogP contribution in [-0.2, 0) is 9.59 Å². The van der Waals surface area contributed by atoms with E-state index < -0.39 is 17.4 Å². The maximum absolute atomic E-state index is 12.3. The molecule has 2 heterocycles. The molecule has 0 saturated carbocycles. The van der Waals surface area contributed by atoms with Crippen LogP contribution in [0.15, 0.2) is 22.0 Å². The molecular formula is C15H18BrNO3S. The lowest BCUT2D eigenvalue weighted by atomic mass is 9.76. The minimum atomic E-state index is -0.930. The molecule has 0 bridgehead atoms. The Morgan fingerprint density at radius 3 is 2.76 bits per heavy atom. The normalized spacial score (nSPS) is 21.7. The molecule has 1 atom stereocenters. The molecule has 1 aromatic rings. The summed E-state index contributed by atoms with van der Waals surface area (Å²) in [5.41, 5.74) is -0.403. The Kier molecular flexibility index (Phi) is 4.88. The zero-order valence-corrected chi connectivity index (χ0v) is 14.4. The first-order valence-electron chi connectivity index (χ1n) is 6.78. The standard InChI is InChI=1S/C15H18BrNO3S/c1-15(2)8-3-9-17(13(15)14(19)20)12(18)7-5-10-4-6-11(16)21-10/h4-7,13H,3,8-9H2,1-2H3,(H,19,20)/b7-5+. The molecule has 1 saturated heterocycles. The summed E-state index contributed by atoms with van der Waals surface area (Å²) in [6, 6.07) is 3.06. The van der Waals surface area contributed by atoms with Gasteiger partial charge in [0.1, 0.15) is 6.04 Å². The summed E-state index contributed by atoms with van der Waals surface area (Å²) in [7, 11) is 0. The third-order valence-corrected chi connectivity index (χ3v) is 5.36. The molecule has 1 unspecified atom stereocenters. The van der Waals surface area contributed by atoms with E-state index >= 15 is 0 Å². The first-order valence-corrected chi connectivity index (χ1v) is 8.39. The number of aliphatic carboxylic acids is 1. The lowest BCUT2D eigenvalue weighted by Gasteiger charge is -2.43. The van der Waals surface area contributed by atoms with E-state index in [4.69, 9.17) is 0 Å². The highest BCUT2D eigenvalue weighted by molar-refractivity contribution is 9.11. The average molecular weight is 372 g/mol. The van der Waals surface area contributed by atoms with Gasteiger partial charge in [0.15, 0.2) is 0 Å². The van der Waals surface area contributed by atoms with E-state index in [0.29, 0.717) is 6.54 Å². The summed E-state index contributed by atoms with van der Waals surface area (Å²) in [6.45, 7) is 4.31. The number of likely N-dealkylation sites (tertiary alicyclic amines) is 1. The van der Waals surface area contributed by atoms with Crippen LogP contribution in [0.4, 0.5) is 0 Å². The zero-order chi connectivity index (χ0) is 15.6. The lowest BCUT2D eigenvalue weighted by molar-refractivity contribution is -0.156. The van der Waals surface area contributed by atoms with Crippen molar-refractivity contribution >= 4 is 45.2 Å². The van der Waals surface area contributed by atoms with Gasteiger partial charge >= 0.3 is 5.97 Å². The second kappa shape index (κ2) is 6.32. The van der Waals surface area contributed by atoms with E-state index in [2.05, 4.69) is 15.9 Å². The minimum absolute atomic E-state index is 0.236. The number of carbonyl (C=O) groups excluding carboxylic acids is 1. The smallest absolute Gasteiger partial charge is 0.326 e. The van der Waals surface area contributed by atoms with Crippen molar-refractivity contribution in [2.24, 2.45) is 5.41 Å². The number of halogens is 1. The highest BCUT2D eigenvalue weighted by Gasteiger charge is 2.43. The number of carbonyl (C=O) groups is 2. The molecule has 0 aromatic carbocycles. The molecule has 1 amide bonds. The molecule has 1 aromatic heterocycles. The van der Waals surface area contributed by atoms with Crippen LogP contribution in [0.2, 0.25) is 0 Å². The molecule has 0 radical (unpaired) electrons. The highest BCUT2D eigenvalue weighted by Crippen LogP contribution is 2.35. The van der Waals surface area contributed by atoms with E-state index in [9.17, 15) is 14.7 Å². The number of rotatable bonds is 3. The van der Waals surface area contributed by atoms with Crippen molar-refractivity contribution in [1.29, 1.82) is 0 Å². The Labute approximate surface area is 136 Å². The number of piperidine rings is 1. The largest absolute Gasteiger partial charge is 0.480 e. The van der Waals surface area contributed by atoms with Crippen LogP contribution < -0.4 is 0 Å². The maximum atomic E-state index is 12.3. The molecule has 6 heteroatoms. The molecule has 1 fully saturated rings. The predicted octanol–water partition coefficient (Wildman–Crippen LogP) is 3.63. The fourth-order valence-electron chi connectivity index (χ4n) is 2.76. The molecule has 1 aliphatic rings. The number of carboxylic acids is 1. The van der Waals surface area contributed by atoms with Crippen molar-refractivity contribution in [2.75, 3.05) is 6.54 Å². The fraction of sp³-hybridized carbons (Fsp3) is 0.467. The van der Waals surface area contributed by atoms with E-state index in [-0.39, 0.29) is 5.91 Å². The molecule has 4 nitrogen and oxygen atoms in total. The van der Waals surface area contributed by atoms with Crippen LogP contribution in [0, 0.1) is 5.41 Å². The van der Waals surface area contributed by atoms with Gasteiger partial charge in [0, 0.05) is 17.5 Å². The Hall–Kier alpha value is -1.14. The van der Waals surface area contributed by atoms with Crippen LogP contribution in [0.25, 0.3) is 6.08 Å². The summed E-state index contributed by atoms with van der Waals surface area (Å²) in [5.74, 6) is -1.17. The third kappa shape index (κ3) is 3.74. The lowest BCUT2D eigenvalue weighted by Crippen LogP contribution is -2.55. The summed E-state index contributed by atoms with van der Waals surface area (Å²) in [6.07, 6.45) is 4.85. The van der Waals surface area contributed by atoms with Gasteiger partial charge in [-0.25, -0.2) is 4.79 Å². The molecule has 0 spiro atoms. The van der Waals surface area contributed by atoms with Crippen LogP contribution >= 0.6 is 27.3 Å². The van der Waals surface area contributed by atoms with E-state index in [1.165, 1.54) is 22.3 Å². The first kappa shape index (κ1) is 16.2. The van der Waals surface area contributed by atoms with Gasteiger partial charge in [-0.05, 0) is 52.4 Å². The Bertz CT molecular complexity index is 579. The predicted molar refractivity (Wildman–Crippen MR) is 87.2 cm³/mol. The Balaban J connectivity index is 2.16. The molecule has 21 heavy (non-hydrogen) atoms. The zero-order valence-electron chi connectivity index (χ0n) is 12.0. The molecule has 114 valence electrons. The van der Waals surface area contributed by atoms with Crippen LogP contribution in [-0.4, -0.2) is 34.5 Å². The van der Waals surface area contributed by atoms with Crippen molar-refractivity contribution in [2.45, 2.75) is 32.7 Å². The Morgan fingerprint density at radius 2 is 2.19 bits per heavy atom. The van der Waals surface area contributed by atoms with Crippen molar-refractivity contribution in [3.05, 3.63) is 26.9 Å². The van der Waals surface area contributed by atoms with Crippen LogP contribution in [0.1, 0.15) is 31.6 Å². The second-order valence-electron chi connectivity index (χ2n) is 5.84. The molecule has 1 N–H and O–H groups in total. The molecular weight excluding hydrogens is 354 g/mol. The summed E-state index contributed by atoms with van der Waals surface area (Å²) >= 11 is 4.90. The monoisotopic (exact) mass is 371 g/mol. The maximum Gasteiger partial charge on any atom is 0.326 e. The molecule has 1 aliphatic heterocycles. The summed E-state index contributed by atoms with van der Waals surface area (Å²) in [4.78, 5) is 26.3. The summed E-state index contributed by atoms with van der Waals surface area (Å²) in [5, 5.41) is 9.46. The number of amides is 1. The highest BCUT2D eigenvalue weighted by atomic mass is 79.9. The van der Waals surface area contributed by atoms with Gasteiger partial charge in [0.05, 0.1) is 3.79 Å². The number of hydrogen-bond acceptors (Lipinski definition) is 3. The van der Waals surface area contributed by atoms with Crippen LogP contribution in [0.3, 0.4) is 0 Å². The van der Waals surface area contributed by atoms with E-state index in [0.717, 1.165) is 21.5 Å². The van der Waals surface area contributed by atoms with Gasteiger partial charge in [0.25, 0.3) is 0 Å². The minimum Gasteiger partial charge on any atom is -0.480 e. The molecule has 0 aliphatic carbocycles. The average Bonchev–Trinajstić information content (AvgIpc) is 2.79. The van der Waals surface area contributed by atoms with Gasteiger partial charge < -0.3 is 10.0 Å². The van der Waals surface area contributed by atoms with Crippen molar-refractivity contribution < 1.29 is 14.7 Å². The number of hydrogen-bond donors (Lipinski definition) is 1. The van der Waals surface area contributed by atoms with Crippen molar-refractivity contribution in [3.63, 3.8) is 0 Å². The van der Waals surface area contributed by atoms with Gasteiger partial charge in [-0.15, -0.1) is 11.3 Å². The topological polar surface area (TPSA) is 57.6 Å². The van der Waals surface area contributed by atoms with Crippen molar-refractivity contribution in [1.82, 2.24) is 4.90 Å². The van der Waals surface area contributed by atoms with E-state index in [1.807, 2.05) is 26.0 Å². The van der Waals surface area contributed by atoms with Gasteiger partial charge in [-0.3, -0.25) is 4.79 Å². The van der Waals surface area contributed by atoms with Crippen LogP contribution in [0.5, 0.6) is 0 Å². The fourth-order valence-corrected chi connectivity index (χ4v) is 4.09. The van der Waals surface area contributed by atoms with Crippen molar-refractivity contribution in [3.8, 4) is 0 Å². The third-order valence-electron chi connectivity index (χ3n) is 3.77. The quantitative estimate of drug-likeness (QED) is 0.825. The number of carboxylic acid groups (broad SMARTS) is 1. The summed E-state index contributed by atoms with van der Waals surface area (Å²) < 4.78 is 0.997. The van der Waals surface area contributed by atoms with Gasteiger partial charge in [-0.2, -0.15) is 0 Å². The molecule has 2 rings (SSSR count). The van der Waals surface area contributed by atoms with E-state index in [1.54, 1.807) is 6.08 Å². The first-order chi connectivity index (χ1) is 9.81. The van der Waals surface area contributed by atoms with Gasteiger partial charge in [0.2, 0.25) is 5.91 Å². The Morgan fingerprint density at radius 1 is 1.48 bits per heavy atom. The SMILES string of the molecule is CC1(C)CCCN(C(=O)/C=C/c2ccc(Br)s2)C1C(=O)O. The number of nitrogens with zero attached hydrogens (tertiary/aromatic N) is 1. The van der Waals surface area contributed by atoms with Gasteiger partial charge in [-0.1, -0.05) is 13.8 Å². The second-order valence-corrected chi connectivity index (χ2v) is 8.33. The number of thiophene rings is 1.